The normalized spacial score (nSPS) is 25.5. The quantitative estimate of drug-likeness (QED) is 0.793. The summed E-state index contributed by atoms with van der Waals surface area (Å²) in [5, 5.41) is 0. The largest absolute Gasteiger partial charge is 0.431 e. The van der Waals surface area contributed by atoms with Gasteiger partial charge in [0.15, 0.2) is 11.6 Å². The van der Waals surface area contributed by atoms with E-state index >= 15 is 0 Å². The van der Waals surface area contributed by atoms with E-state index < -0.39 is 6.61 Å². The van der Waals surface area contributed by atoms with Crippen molar-refractivity contribution in [1.29, 1.82) is 0 Å². The van der Waals surface area contributed by atoms with Crippen molar-refractivity contribution >= 4 is 17.6 Å². The van der Waals surface area contributed by atoms with Crippen LogP contribution in [-0.4, -0.2) is 59.4 Å². The number of rotatable bonds is 5. The highest BCUT2D eigenvalue weighted by Gasteiger charge is 2.36. The number of ether oxygens (including phenoxy) is 2. The second kappa shape index (κ2) is 7.50. The van der Waals surface area contributed by atoms with Gasteiger partial charge in [-0.1, -0.05) is 0 Å². The first-order valence-electron chi connectivity index (χ1n) is 10.2. The van der Waals surface area contributed by atoms with E-state index in [1.807, 2.05) is 6.07 Å². The van der Waals surface area contributed by atoms with Gasteiger partial charge >= 0.3 is 6.61 Å². The van der Waals surface area contributed by atoms with Crippen LogP contribution < -0.4 is 20.3 Å². The van der Waals surface area contributed by atoms with Crippen LogP contribution in [0.3, 0.4) is 0 Å². The minimum Gasteiger partial charge on any atom is -0.431 e. The smallest absolute Gasteiger partial charge is 0.387 e. The lowest BCUT2D eigenvalue weighted by Gasteiger charge is -2.46. The number of fused-ring (bicyclic) bond motifs is 3. The molecule has 10 heteroatoms. The van der Waals surface area contributed by atoms with E-state index in [2.05, 4.69) is 26.4 Å². The fraction of sp³-hybridized carbons (Fsp3) is 0.550. The van der Waals surface area contributed by atoms with Gasteiger partial charge in [-0.15, -0.1) is 0 Å². The number of aromatic nitrogens is 3. The van der Waals surface area contributed by atoms with Crippen LogP contribution in [0.2, 0.25) is 0 Å². The van der Waals surface area contributed by atoms with E-state index in [1.165, 1.54) is 12.3 Å². The molecular formula is C20H24F2N6O2. The third-order valence-corrected chi connectivity index (χ3v) is 6.15. The number of hydrogen-bond donors (Lipinski definition) is 1. The average Bonchev–Trinajstić information content (AvgIpc) is 2.74. The zero-order chi connectivity index (χ0) is 20.8. The Morgan fingerprint density at radius 1 is 1.20 bits per heavy atom. The van der Waals surface area contributed by atoms with Crippen LogP contribution in [0.1, 0.15) is 26.2 Å². The third kappa shape index (κ3) is 3.49. The maximum atomic E-state index is 12.7. The fourth-order valence-electron chi connectivity index (χ4n) is 4.28. The van der Waals surface area contributed by atoms with Crippen LogP contribution in [0, 0.1) is 0 Å². The molecule has 2 aromatic rings. The number of halogens is 2. The summed E-state index contributed by atoms with van der Waals surface area (Å²) in [7, 11) is 0. The lowest BCUT2D eigenvalue weighted by Crippen LogP contribution is -2.55. The van der Waals surface area contributed by atoms with Gasteiger partial charge in [0.2, 0.25) is 5.95 Å². The van der Waals surface area contributed by atoms with Crippen molar-refractivity contribution in [3.63, 3.8) is 0 Å². The average molecular weight is 418 g/mol. The molecule has 0 saturated carbocycles. The lowest BCUT2D eigenvalue weighted by molar-refractivity contribution is -0.0494. The van der Waals surface area contributed by atoms with Crippen LogP contribution in [0.25, 0.3) is 11.3 Å². The van der Waals surface area contributed by atoms with E-state index in [4.69, 9.17) is 20.4 Å². The predicted octanol–water partition coefficient (Wildman–Crippen LogP) is 2.69. The number of nitrogens with two attached hydrogens (primary N) is 1. The van der Waals surface area contributed by atoms with Gasteiger partial charge in [-0.2, -0.15) is 13.8 Å². The second-order valence-electron chi connectivity index (χ2n) is 8.07. The molecule has 6 rings (SSSR count). The van der Waals surface area contributed by atoms with Gasteiger partial charge < -0.3 is 25.0 Å². The van der Waals surface area contributed by atoms with Gasteiger partial charge in [-0.25, -0.2) is 9.97 Å². The molecule has 2 aromatic heterocycles. The van der Waals surface area contributed by atoms with Crippen LogP contribution in [0.15, 0.2) is 18.3 Å². The van der Waals surface area contributed by atoms with Crippen molar-refractivity contribution in [1.82, 2.24) is 15.0 Å². The number of piperidine rings is 1. The van der Waals surface area contributed by atoms with Crippen molar-refractivity contribution < 1.29 is 18.3 Å². The Balaban J connectivity index is 1.55. The third-order valence-electron chi connectivity index (χ3n) is 6.15. The molecule has 30 heavy (non-hydrogen) atoms. The van der Waals surface area contributed by atoms with Crippen LogP contribution in [0.5, 0.6) is 5.75 Å². The maximum absolute atomic E-state index is 12.7. The summed E-state index contributed by atoms with van der Waals surface area (Å²) in [5.41, 5.74) is 6.85. The molecule has 8 nitrogen and oxygen atoms in total. The molecule has 0 aromatic carbocycles. The first-order valence-corrected chi connectivity index (χ1v) is 10.2. The van der Waals surface area contributed by atoms with E-state index in [-0.39, 0.29) is 23.7 Å². The summed E-state index contributed by atoms with van der Waals surface area (Å²) >= 11 is 0. The Morgan fingerprint density at radius 2 is 2.07 bits per heavy atom. The van der Waals surface area contributed by atoms with Crippen molar-refractivity contribution in [2.45, 2.75) is 51.0 Å². The number of hydrogen-bond acceptors (Lipinski definition) is 8. The fourth-order valence-corrected chi connectivity index (χ4v) is 4.28. The van der Waals surface area contributed by atoms with E-state index in [9.17, 15) is 8.78 Å². The van der Waals surface area contributed by atoms with Crippen LogP contribution in [-0.2, 0) is 4.74 Å². The molecule has 2 N–H and O–H groups in total. The van der Waals surface area contributed by atoms with Crippen molar-refractivity contribution in [3.05, 3.63) is 18.3 Å². The topological polar surface area (TPSA) is 89.6 Å². The van der Waals surface area contributed by atoms with Gasteiger partial charge in [-0.3, -0.25) is 0 Å². The highest BCUT2D eigenvalue weighted by Crippen LogP contribution is 2.35. The molecule has 0 radical (unpaired) electrons. The summed E-state index contributed by atoms with van der Waals surface area (Å²) in [6, 6.07) is 3.97. The standard InChI is InChI=1S/C20H24F2N6O2/c1-11-4-5-27(11)20-25-15(12-6-16(30-19(21)22)18(23)24-8-12)7-17(26-20)28-9-14-3-2-13(28)10-29-14/h6-8,11,13-14,19H,2-5,9-10H2,1H3,(H2,23,24)/t11?,13-,14-/m0/s1. The Hall–Kier alpha value is -2.75. The molecule has 0 aliphatic carbocycles. The summed E-state index contributed by atoms with van der Waals surface area (Å²) in [4.78, 5) is 18.0. The number of morpholine rings is 1. The van der Waals surface area contributed by atoms with Crippen LogP contribution >= 0.6 is 0 Å². The number of anilines is 3. The summed E-state index contributed by atoms with van der Waals surface area (Å²) < 4.78 is 35.8. The molecule has 4 aliphatic heterocycles. The first kappa shape index (κ1) is 19.2. The van der Waals surface area contributed by atoms with Gasteiger partial charge in [0.05, 0.1) is 24.4 Å². The monoisotopic (exact) mass is 418 g/mol. The van der Waals surface area contributed by atoms with Gasteiger partial charge in [0.1, 0.15) is 5.82 Å². The Morgan fingerprint density at radius 3 is 2.67 bits per heavy atom. The van der Waals surface area contributed by atoms with Crippen molar-refractivity contribution in [3.8, 4) is 17.0 Å². The zero-order valence-corrected chi connectivity index (χ0v) is 16.7. The minimum absolute atomic E-state index is 0.0876. The predicted molar refractivity (Wildman–Crippen MR) is 108 cm³/mol. The molecule has 4 aliphatic rings. The minimum atomic E-state index is -2.98. The van der Waals surface area contributed by atoms with Crippen molar-refractivity contribution in [2.24, 2.45) is 0 Å². The highest BCUT2D eigenvalue weighted by molar-refractivity contribution is 5.68. The summed E-state index contributed by atoms with van der Waals surface area (Å²) in [6.45, 7) is 1.52. The van der Waals surface area contributed by atoms with E-state index in [0.717, 1.165) is 38.2 Å². The molecule has 4 fully saturated rings. The van der Waals surface area contributed by atoms with E-state index in [1.54, 1.807) is 0 Å². The number of alkyl halides is 2. The summed E-state index contributed by atoms with van der Waals surface area (Å²) in [5.74, 6) is 1.21. The maximum Gasteiger partial charge on any atom is 0.387 e. The SMILES string of the molecule is CC1CCN1c1nc(-c2cnc(N)c(OC(F)F)c2)cc(N2C[C@@H]3CC[C@H]2CO3)n1. The van der Waals surface area contributed by atoms with Gasteiger partial charge in [-0.05, 0) is 32.3 Å². The molecule has 0 amide bonds. The Kier molecular flexibility index (Phi) is 4.80. The highest BCUT2D eigenvalue weighted by atomic mass is 19.3. The molecule has 0 spiro atoms. The molecule has 3 atom stereocenters. The molecule has 6 heterocycles. The Labute approximate surface area is 173 Å². The molecule has 160 valence electrons. The molecule has 4 saturated heterocycles. The molecule has 1 unspecified atom stereocenters. The van der Waals surface area contributed by atoms with Gasteiger partial charge in [0.25, 0.3) is 0 Å². The second-order valence-corrected chi connectivity index (χ2v) is 8.07. The first-order chi connectivity index (χ1) is 14.5. The number of pyridine rings is 1. The molecule has 2 bridgehead atoms. The van der Waals surface area contributed by atoms with Crippen molar-refractivity contribution in [2.75, 3.05) is 35.2 Å². The lowest BCUT2D eigenvalue weighted by atomic mass is 9.97. The summed E-state index contributed by atoms with van der Waals surface area (Å²) in [6.07, 6.45) is 4.94. The molecular weight excluding hydrogens is 394 g/mol. The van der Waals surface area contributed by atoms with Crippen LogP contribution in [0.4, 0.5) is 26.4 Å². The van der Waals surface area contributed by atoms with Gasteiger partial charge in [0, 0.05) is 37.0 Å². The zero-order valence-electron chi connectivity index (χ0n) is 16.7. The number of nitrogen functional groups attached to an aromatic ring is 1. The number of nitrogens with zero attached hydrogens (tertiary/aromatic N) is 5. The Bertz CT molecular complexity index is 938. The van der Waals surface area contributed by atoms with E-state index in [0.29, 0.717) is 29.9 Å².